The fourth-order valence-electron chi connectivity index (χ4n) is 1.55. The van der Waals surface area contributed by atoms with Crippen molar-refractivity contribution in [3.63, 3.8) is 0 Å². The largest absolute Gasteiger partial charge is 0.358 e. The molecule has 1 aliphatic heterocycles. The van der Waals surface area contributed by atoms with Gasteiger partial charge in [0.25, 0.3) is 0 Å². The normalized spacial score (nSPS) is 22.4. The number of hydrogen-bond donors (Lipinski definition) is 1. The summed E-state index contributed by atoms with van der Waals surface area (Å²) in [6, 6.07) is 4.32. The molecule has 2 heterocycles. The van der Waals surface area contributed by atoms with Gasteiger partial charge in [0.15, 0.2) is 5.17 Å². The summed E-state index contributed by atoms with van der Waals surface area (Å²) in [5.74, 6) is 1.86. The van der Waals surface area contributed by atoms with Crippen LogP contribution < -0.4 is 5.32 Å². The molecule has 1 aromatic heterocycles. The van der Waals surface area contributed by atoms with Gasteiger partial charge in [0, 0.05) is 24.7 Å². The lowest BCUT2D eigenvalue weighted by molar-refractivity contribution is 0.658. The first kappa shape index (κ1) is 11.5. The van der Waals surface area contributed by atoms with Crippen molar-refractivity contribution in [1.82, 2.24) is 10.3 Å². The first-order chi connectivity index (χ1) is 7.75. The lowest BCUT2D eigenvalue weighted by Crippen LogP contribution is -2.28. The van der Waals surface area contributed by atoms with Crippen molar-refractivity contribution in [2.45, 2.75) is 19.9 Å². The SMILES string of the molecule is CC1CN=C(NC(C)c2cccnc2)SC1. The summed E-state index contributed by atoms with van der Waals surface area (Å²) in [6.45, 7) is 5.31. The van der Waals surface area contributed by atoms with Gasteiger partial charge in [0.1, 0.15) is 0 Å². The Balaban J connectivity index is 1.95. The molecule has 3 nitrogen and oxygen atoms in total. The molecule has 1 aromatic rings. The van der Waals surface area contributed by atoms with Gasteiger partial charge in [0.05, 0.1) is 6.04 Å². The second-order valence-electron chi connectivity index (χ2n) is 4.21. The average molecular weight is 235 g/mol. The van der Waals surface area contributed by atoms with E-state index in [1.165, 1.54) is 5.56 Å². The quantitative estimate of drug-likeness (QED) is 0.855. The van der Waals surface area contributed by atoms with E-state index in [1.54, 1.807) is 6.20 Å². The summed E-state index contributed by atoms with van der Waals surface area (Å²) in [5.41, 5.74) is 1.20. The van der Waals surface area contributed by atoms with Crippen molar-refractivity contribution in [1.29, 1.82) is 0 Å². The molecule has 16 heavy (non-hydrogen) atoms. The number of rotatable bonds is 2. The van der Waals surface area contributed by atoms with E-state index in [9.17, 15) is 0 Å². The summed E-state index contributed by atoms with van der Waals surface area (Å²) in [6.07, 6.45) is 3.69. The molecule has 0 saturated carbocycles. The van der Waals surface area contributed by atoms with Gasteiger partial charge in [-0.25, -0.2) is 0 Å². The van der Waals surface area contributed by atoms with Crippen molar-refractivity contribution in [3.8, 4) is 0 Å². The summed E-state index contributed by atoms with van der Waals surface area (Å²) >= 11 is 1.81. The maximum absolute atomic E-state index is 4.52. The molecule has 1 N–H and O–H groups in total. The van der Waals surface area contributed by atoms with Crippen LogP contribution in [0.15, 0.2) is 29.5 Å². The number of thioether (sulfide) groups is 1. The predicted octanol–water partition coefficient (Wildman–Crippen LogP) is 2.47. The van der Waals surface area contributed by atoms with Gasteiger partial charge in [-0.2, -0.15) is 0 Å². The highest BCUT2D eigenvalue weighted by molar-refractivity contribution is 8.13. The van der Waals surface area contributed by atoms with Crippen molar-refractivity contribution in [2.75, 3.05) is 12.3 Å². The van der Waals surface area contributed by atoms with E-state index in [-0.39, 0.29) is 6.04 Å². The smallest absolute Gasteiger partial charge is 0.157 e. The number of aromatic nitrogens is 1. The summed E-state index contributed by atoms with van der Waals surface area (Å²) in [5, 5.41) is 4.49. The molecule has 1 aliphatic rings. The van der Waals surface area contributed by atoms with Crippen molar-refractivity contribution in [2.24, 2.45) is 10.9 Å². The van der Waals surface area contributed by atoms with Crippen molar-refractivity contribution >= 4 is 16.9 Å². The first-order valence-corrected chi connectivity index (χ1v) is 6.58. The van der Waals surface area contributed by atoms with Gasteiger partial charge in [-0.1, -0.05) is 24.8 Å². The number of pyridine rings is 1. The van der Waals surface area contributed by atoms with E-state index in [0.29, 0.717) is 5.92 Å². The molecule has 0 fully saturated rings. The molecule has 2 unspecified atom stereocenters. The van der Waals surface area contributed by atoms with E-state index in [4.69, 9.17) is 0 Å². The maximum Gasteiger partial charge on any atom is 0.157 e. The van der Waals surface area contributed by atoms with E-state index >= 15 is 0 Å². The van der Waals surface area contributed by atoms with Crippen LogP contribution in [0, 0.1) is 5.92 Å². The number of hydrogen-bond acceptors (Lipinski definition) is 4. The molecule has 86 valence electrons. The van der Waals surface area contributed by atoms with E-state index in [2.05, 4.69) is 35.2 Å². The van der Waals surface area contributed by atoms with Crippen molar-refractivity contribution < 1.29 is 0 Å². The van der Waals surface area contributed by atoms with Crippen LogP contribution in [0.25, 0.3) is 0 Å². The topological polar surface area (TPSA) is 37.3 Å². The minimum absolute atomic E-state index is 0.272. The molecule has 4 heteroatoms. The fourth-order valence-corrected chi connectivity index (χ4v) is 2.52. The molecular weight excluding hydrogens is 218 g/mol. The number of aliphatic imine (C=N–C) groups is 1. The Hall–Kier alpha value is -1.03. The highest BCUT2D eigenvalue weighted by Gasteiger charge is 2.14. The van der Waals surface area contributed by atoms with E-state index < -0.39 is 0 Å². The molecule has 0 bridgehead atoms. The summed E-state index contributed by atoms with van der Waals surface area (Å²) in [7, 11) is 0. The molecule has 0 aliphatic carbocycles. The molecule has 0 radical (unpaired) electrons. The highest BCUT2D eigenvalue weighted by atomic mass is 32.2. The summed E-state index contributed by atoms with van der Waals surface area (Å²) in [4.78, 5) is 8.65. The van der Waals surface area contributed by atoms with Gasteiger partial charge < -0.3 is 5.32 Å². The zero-order chi connectivity index (χ0) is 11.4. The van der Waals surface area contributed by atoms with Gasteiger partial charge in [-0.15, -0.1) is 0 Å². The lowest BCUT2D eigenvalue weighted by Gasteiger charge is -2.21. The maximum atomic E-state index is 4.52. The van der Waals surface area contributed by atoms with Crippen LogP contribution >= 0.6 is 11.8 Å². The average Bonchev–Trinajstić information content (AvgIpc) is 2.33. The Kier molecular flexibility index (Phi) is 3.83. The third-order valence-electron chi connectivity index (χ3n) is 2.58. The molecule has 2 atom stereocenters. The number of nitrogens with zero attached hydrogens (tertiary/aromatic N) is 2. The van der Waals surface area contributed by atoms with Gasteiger partial charge in [-0.3, -0.25) is 9.98 Å². The molecule has 0 amide bonds. The van der Waals surface area contributed by atoms with Gasteiger partial charge >= 0.3 is 0 Å². The Morgan fingerprint density at radius 1 is 1.56 bits per heavy atom. The zero-order valence-corrected chi connectivity index (χ0v) is 10.5. The second-order valence-corrected chi connectivity index (χ2v) is 5.22. The predicted molar refractivity (Wildman–Crippen MR) is 69.7 cm³/mol. The second kappa shape index (κ2) is 5.34. The Bertz CT molecular complexity index is 364. The van der Waals surface area contributed by atoms with Crippen LogP contribution in [0.3, 0.4) is 0 Å². The van der Waals surface area contributed by atoms with Gasteiger partial charge in [-0.05, 0) is 24.5 Å². The van der Waals surface area contributed by atoms with Crippen LogP contribution in [0.4, 0.5) is 0 Å². The molecule has 0 aromatic carbocycles. The van der Waals surface area contributed by atoms with Crippen LogP contribution in [0.5, 0.6) is 0 Å². The lowest BCUT2D eigenvalue weighted by atomic mass is 10.1. The minimum atomic E-state index is 0.272. The Morgan fingerprint density at radius 3 is 3.06 bits per heavy atom. The fraction of sp³-hybridized carbons (Fsp3) is 0.500. The summed E-state index contributed by atoms with van der Waals surface area (Å²) < 4.78 is 0. The highest BCUT2D eigenvalue weighted by Crippen LogP contribution is 2.18. The third-order valence-corrected chi connectivity index (χ3v) is 3.83. The van der Waals surface area contributed by atoms with E-state index in [0.717, 1.165) is 17.5 Å². The monoisotopic (exact) mass is 235 g/mol. The van der Waals surface area contributed by atoms with E-state index in [1.807, 2.05) is 24.0 Å². The van der Waals surface area contributed by atoms with Crippen molar-refractivity contribution in [3.05, 3.63) is 30.1 Å². The van der Waals surface area contributed by atoms with Gasteiger partial charge in [0.2, 0.25) is 0 Å². The number of amidine groups is 1. The molecule has 0 spiro atoms. The minimum Gasteiger partial charge on any atom is -0.358 e. The molecule has 2 rings (SSSR count). The Labute approximate surface area is 101 Å². The Morgan fingerprint density at radius 2 is 2.44 bits per heavy atom. The van der Waals surface area contributed by atoms with Crippen LogP contribution in [-0.4, -0.2) is 22.4 Å². The van der Waals surface area contributed by atoms with Crippen LogP contribution in [-0.2, 0) is 0 Å². The standard InChI is InChI=1S/C12H17N3S/c1-9-6-14-12(16-8-9)15-10(2)11-4-3-5-13-7-11/h3-5,7,9-10H,6,8H2,1-2H3,(H,14,15). The van der Waals surface area contributed by atoms with Crippen LogP contribution in [0.2, 0.25) is 0 Å². The zero-order valence-electron chi connectivity index (χ0n) is 9.68. The third kappa shape index (κ3) is 2.98. The van der Waals surface area contributed by atoms with Crippen LogP contribution in [0.1, 0.15) is 25.5 Å². The first-order valence-electron chi connectivity index (χ1n) is 5.59. The molecule has 0 saturated heterocycles. The molecular formula is C12H17N3S. The number of nitrogens with one attached hydrogen (secondary N) is 1.